The molecule has 0 radical (unpaired) electrons. The molecule has 1 aliphatic heterocycles. The predicted molar refractivity (Wildman–Crippen MR) is 53.4 cm³/mol. The van der Waals surface area contributed by atoms with Crippen LogP contribution >= 0.6 is 0 Å². The van der Waals surface area contributed by atoms with E-state index in [1.165, 1.54) is 26.1 Å². The van der Waals surface area contributed by atoms with Crippen LogP contribution in [0.3, 0.4) is 0 Å². The highest BCUT2D eigenvalue weighted by Gasteiger charge is 2.25. The van der Waals surface area contributed by atoms with Crippen molar-refractivity contribution in [2.24, 2.45) is 5.92 Å². The Balaban J connectivity index is 2.25. The molecule has 1 saturated heterocycles. The van der Waals surface area contributed by atoms with E-state index in [-0.39, 0.29) is 0 Å². The Labute approximate surface area is 76.3 Å². The molecule has 0 spiro atoms. The fraction of sp³-hybridized carbons (Fsp3) is 1.00. The Kier molecular flexibility index (Phi) is 4.02. The van der Waals surface area contributed by atoms with Gasteiger partial charge < -0.3 is 10.2 Å². The number of likely N-dealkylation sites (tertiary alicyclic amines) is 1. The van der Waals surface area contributed by atoms with Gasteiger partial charge in [0, 0.05) is 12.6 Å². The molecule has 2 unspecified atom stereocenters. The topological polar surface area (TPSA) is 15.3 Å². The number of hydrogen-bond acceptors (Lipinski definition) is 2. The molecule has 0 aliphatic carbocycles. The molecule has 72 valence electrons. The average Bonchev–Trinajstić information content (AvgIpc) is 2.52. The lowest BCUT2D eigenvalue weighted by molar-refractivity contribution is 0.318. The van der Waals surface area contributed by atoms with Crippen molar-refractivity contribution in [1.29, 1.82) is 0 Å². The van der Waals surface area contributed by atoms with E-state index in [1.54, 1.807) is 0 Å². The van der Waals surface area contributed by atoms with Crippen LogP contribution in [0.25, 0.3) is 0 Å². The monoisotopic (exact) mass is 170 g/mol. The SMILES string of the molecule is CCNC(C)C1CCN(CC)C1. The first-order valence-corrected chi connectivity index (χ1v) is 5.23. The van der Waals surface area contributed by atoms with E-state index in [9.17, 15) is 0 Å². The quantitative estimate of drug-likeness (QED) is 0.684. The first kappa shape index (κ1) is 10.0. The van der Waals surface area contributed by atoms with Crippen LogP contribution in [0.15, 0.2) is 0 Å². The van der Waals surface area contributed by atoms with Gasteiger partial charge >= 0.3 is 0 Å². The molecule has 0 aromatic carbocycles. The van der Waals surface area contributed by atoms with Gasteiger partial charge in [-0.05, 0) is 38.9 Å². The van der Waals surface area contributed by atoms with Crippen molar-refractivity contribution in [3.63, 3.8) is 0 Å². The van der Waals surface area contributed by atoms with Crippen LogP contribution in [0, 0.1) is 5.92 Å². The second kappa shape index (κ2) is 4.83. The molecule has 12 heavy (non-hydrogen) atoms. The first-order valence-electron chi connectivity index (χ1n) is 5.23. The van der Waals surface area contributed by atoms with Crippen molar-refractivity contribution in [1.82, 2.24) is 10.2 Å². The Hall–Kier alpha value is -0.0800. The number of nitrogens with one attached hydrogen (secondary N) is 1. The number of hydrogen-bond donors (Lipinski definition) is 1. The molecule has 0 aromatic rings. The van der Waals surface area contributed by atoms with Gasteiger partial charge in [0.1, 0.15) is 0 Å². The smallest absolute Gasteiger partial charge is 0.00795 e. The van der Waals surface area contributed by atoms with E-state index >= 15 is 0 Å². The van der Waals surface area contributed by atoms with Gasteiger partial charge in [0.05, 0.1) is 0 Å². The lowest BCUT2D eigenvalue weighted by atomic mass is 10.0. The summed E-state index contributed by atoms with van der Waals surface area (Å²) in [6.07, 6.45) is 1.38. The summed E-state index contributed by atoms with van der Waals surface area (Å²) in [6, 6.07) is 0.701. The van der Waals surface area contributed by atoms with Gasteiger partial charge in [-0.1, -0.05) is 13.8 Å². The lowest BCUT2D eigenvalue weighted by Crippen LogP contribution is -2.35. The summed E-state index contributed by atoms with van der Waals surface area (Å²) in [4.78, 5) is 2.54. The predicted octanol–water partition coefficient (Wildman–Crippen LogP) is 1.33. The van der Waals surface area contributed by atoms with Crippen molar-refractivity contribution < 1.29 is 0 Å². The Morgan fingerprint density at radius 3 is 2.75 bits per heavy atom. The molecule has 0 amide bonds. The summed E-state index contributed by atoms with van der Waals surface area (Å²) in [5.74, 6) is 0.880. The summed E-state index contributed by atoms with van der Waals surface area (Å²) >= 11 is 0. The molecule has 1 heterocycles. The summed E-state index contributed by atoms with van der Waals surface area (Å²) in [5.41, 5.74) is 0. The van der Waals surface area contributed by atoms with Gasteiger partial charge in [-0.25, -0.2) is 0 Å². The molecular weight excluding hydrogens is 148 g/mol. The highest BCUT2D eigenvalue weighted by atomic mass is 15.1. The molecule has 1 aliphatic rings. The molecule has 1 N–H and O–H groups in total. The van der Waals surface area contributed by atoms with E-state index in [0.29, 0.717) is 6.04 Å². The van der Waals surface area contributed by atoms with Crippen LogP contribution in [0.4, 0.5) is 0 Å². The molecule has 1 rings (SSSR count). The molecule has 0 aromatic heterocycles. The van der Waals surface area contributed by atoms with Gasteiger partial charge in [-0.2, -0.15) is 0 Å². The normalized spacial score (nSPS) is 27.8. The van der Waals surface area contributed by atoms with Gasteiger partial charge in [-0.3, -0.25) is 0 Å². The third kappa shape index (κ3) is 2.46. The Morgan fingerprint density at radius 1 is 1.50 bits per heavy atom. The zero-order chi connectivity index (χ0) is 8.97. The van der Waals surface area contributed by atoms with Crippen molar-refractivity contribution in [3.8, 4) is 0 Å². The van der Waals surface area contributed by atoms with E-state index in [2.05, 4.69) is 31.0 Å². The summed E-state index contributed by atoms with van der Waals surface area (Å²) in [5, 5.41) is 3.51. The van der Waals surface area contributed by atoms with E-state index in [4.69, 9.17) is 0 Å². The van der Waals surface area contributed by atoms with Crippen LogP contribution in [0.1, 0.15) is 27.2 Å². The largest absolute Gasteiger partial charge is 0.314 e. The van der Waals surface area contributed by atoms with E-state index < -0.39 is 0 Å². The zero-order valence-corrected chi connectivity index (χ0v) is 8.64. The highest BCUT2D eigenvalue weighted by molar-refractivity contribution is 4.81. The minimum absolute atomic E-state index is 0.701. The second-order valence-corrected chi connectivity index (χ2v) is 3.79. The third-order valence-electron chi connectivity index (χ3n) is 2.99. The number of nitrogens with zero attached hydrogens (tertiary/aromatic N) is 1. The molecule has 2 atom stereocenters. The van der Waals surface area contributed by atoms with E-state index in [0.717, 1.165) is 12.5 Å². The number of rotatable bonds is 4. The second-order valence-electron chi connectivity index (χ2n) is 3.79. The van der Waals surface area contributed by atoms with Gasteiger partial charge in [0.2, 0.25) is 0 Å². The fourth-order valence-electron chi connectivity index (χ4n) is 2.05. The first-order chi connectivity index (χ1) is 5.77. The average molecular weight is 170 g/mol. The Bertz CT molecular complexity index is 125. The van der Waals surface area contributed by atoms with Crippen molar-refractivity contribution >= 4 is 0 Å². The Morgan fingerprint density at radius 2 is 2.25 bits per heavy atom. The van der Waals surface area contributed by atoms with Crippen LogP contribution in [0.2, 0.25) is 0 Å². The summed E-state index contributed by atoms with van der Waals surface area (Å²) in [7, 11) is 0. The van der Waals surface area contributed by atoms with Crippen molar-refractivity contribution in [2.45, 2.75) is 33.2 Å². The molecule has 2 heteroatoms. The van der Waals surface area contributed by atoms with Gasteiger partial charge in [0.15, 0.2) is 0 Å². The maximum Gasteiger partial charge on any atom is 0.00795 e. The maximum absolute atomic E-state index is 3.51. The highest BCUT2D eigenvalue weighted by Crippen LogP contribution is 2.18. The maximum atomic E-state index is 3.51. The van der Waals surface area contributed by atoms with Gasteiger partial charge in [0.25, 0.3) is 0 Å². The van der Waals surface area contributed by atoms with Crippen LogP contribution < -0.4 is 5.32 Å². The summed E-state index contributed by atoms with van der Waals surface area (Å²) < 4.78 is 0. The van der Waals surface area contributed by atoms with Crippen molar-refractivity contribution in [3.05, 3.63) is 0 Å². The summed E-state index contributed by atoms with van der Waals surface area (Å²) in [6.45, 7) is 11.7. The molecular formula is C10H22N2. The molecule has 2 nitrogen and oxygen atoms in total. The standard InChI is InChI=1S/C10H22N2/c1-4-11-9(3)10-6-7-12(5-2)8-10/h9-11H,4-8H2,1-3H3. The molecule has 0 saturated carbocycles. The minimum Gasteiger partial charge on any atom is -0.314 e. The zero-order valence-electron chi connectivity index (χ0n) is 8.64. The fourth-order valence-corrected chi connectivity index (χ4v) is 2.05. The minimum atomic E-state index is 0.701. The van der Waals surface area contributed by atoms with Gasteiger partial charge in [-0.15, -0.1) is 0 Å². The molecule has 1 fully saturated rings. The van der Waals surface area contributed by atoms with Crippen molar-refractivity contribution in [2.75, 3.05) is 26.2 Å². The lowest BCUT2D eigenvalue weighted by Gasteiger charge is -2.20. The van der Waals surface area contributed by atoms with E-state index in [1.807, 2.05) is 0 Å². The van der Waals surface area contributed by atoms with Crippen LogP contribution in [0.5, 0.6) is 0 Å². The van der Waals surface area contributed by atoms with Crippen LogP contribution in [-0.4, -0.2) is 37.1 Å². The molecule has 0 bridgehead atoms. The van der Waals surface area contributed by atoms with Crippen LogP contribution in [-0.2, 0) is 0 Å². The third-order valence-corrected chi connectivity index (χ3v) is 2.99.